The number of nitrogens with zero attached hydrogens (tertiary/aromatic N) is 1. The molecule has 0 bridgehead atoms. The SMILES string of the molecule is Cc1cc2ccccc2nc1NC1CCCC1C. The lowest BCUT2D eigenvalue weighted by molar-refractivity contribution is 0.555. The Labute approximate surface area is 108 Å². The van der Waals surface area contributed by atoms with Crippen LogP contribution in [0, 0.1) is 12.8 Å². The maximum Gasteiger partial charge on any atom is 0.129 e. The predicted octanol–water partition coefficient (Wildman–Crippen LogP) is 4.14. The van der Waals surface area contributed by atoms with E-state index in [4.69, 9.17) is 4.98 Å². The maximum atomic E-state index is 4.76. The van der Waals surface area contributed by atoms with E-state index in [0.29, 0.717) is 6.04 Å². The Morgan fingerprint density at radius 2 is 2.06 bits per heavy atom. The number of anilines is 1. The van der Waals surface area contributed by atoms with E-state index in [-0.39, 0.29) is 0 Å². The minimum atomic E-state index is 0.595. The average molecular weight is 240 g/mol. The third-order valence-corrected chi connectivity index (χ3v) is 4.10. The summed E-state index contributed by atoms with van der Waals surface area (Å²) < 4.78 is 0. The van der Waals surface area contributed by atoms with Gasteiger partial charge in [-0.15, -0.1) is 0 Å². The molecule has 1 fully saturated rings. The second-order valence-corrected chi connectivity index (χ2v) is 5.51. The molecule has 0 saturated heterocycles. The second-order valence-electron chi connectivity index (χ2n) is 5.51. The van der Waals surface area contributed by atoms with E-state index in [1.54, 1.807) is 0 Å². The van der Waals surface area contributed by atoms with Crippen molar-refractivity contribution in [2.75, 3.05) is 5.32 Å². The van der Waals surface area contributed by atoms with Gasteiger partial charge in [-0.05, 0) is 43.4 Å². The van der Waals surface area contributed by atoms with E-state index >= 15 is 0 Å². The molecule has 0 amide bonds. The van der Waals surface area contributed by atoms with Gasteiger partial charge in [0.15, 0.2) is 0 Å². The first-order valence-corrected chi connectivity index (χ1v) is 6.87. The fraction of sp³-hybridized carbons (Fsp3) is 0.438. The predicted molar refractivity (Wildman–Crippen MR) is 76.9 cm³/mol. The van der Waals surface area contributed by atoms with Crippen molar-refractivity contribution in [2.45, 2.75) is 39.2 Å². The molecule has 2 atom stereocenters. The number of aromatic nitrogens is 1. The number of fused-ring (bicyclic) bond motifs is 1. The highest BCUT2D eigenvalue weighted by molar-refractivity contribution is 5.81. The van der Waals surface area contributed by atoms with Crippen LogP contribution < -0.4 is 5.32 Å². The van der Waals surface area contributed by atoms with Gasteiger partial charge in [0.05, 0.1) is 5.52 Å². The van der Waals surface area contributed by atoms with Crippen LogP contribution in [-0.4, -0.2) is 11.0 Å². The molecule has 94 valence electrons. The Hall–Kier alpha value is -1.57. The van der Waals surface area contributed by atoms with E-state index in [2.05, 4.69) is 43.4 Å². The van der Waals surface area contributed by atoms with E-state index in [0.717, 1.165) is 17.3 Å². The second kappa shape index (κ2) is 4.60. The zero-order valence-electron chi connectivity index (χ0n) is 11.1. The van der Waals surface area contributed by atoms with Crippen molar-refractivity contribution in [3.05, 3.63) is 35.9 Å². The smallest absolute Gasteiger partial charge is 0.129 e. The van der Waals surface area contributed by atoms with Crippen LogP contribution in [0.25, 0.3) is 10.9 Å². The molecule has 2 unspecified atom stereocenters. The van der Waals surface area contributed by atoms with Crippen LogP contribution >= 0.6 is 0 Å². The summed E-state index contributed by atoms with van der Waals surface area (Å²) in [6, 6.07) is 11.1. The van der Waals surface area contributed by atoms with E-state index < -0.39 is 0 Å². The molecule has 18 heavy (non-hydrogen) atoms. The Morgan fingerprint density at radius 1 is 1.22 bits per heavy atom. The largest absolute Gasteiger partial charge is 0.367 e. The topological polar surface area (TPSA) is 24.9 Å². The van der Waals surface area contributed by atoms with E-state index in [1.165, 1.54) is 30.2 Å². The van der Waals surface area contributed by atoms with Crippen LogP contribution in [0.1, 0.15) is 31.7 Å². The summed E-state index contributed by atoms with van der Waals surface area (Å²) in [5.74, 6) is 1.82. The summed E-state index contributed by atoms with van der Waals surface area (Å²) in [5, 5.41) is 4.86. The standard InChI is InChI=1S/C16H20N2/c1-11-6-5-9-14(11)17-16-12(2)10-13-7-3-4-8-15(13)18-16/h3-4,7-8,10-11,14H,5-6,9H2,1-2H3,(H,17,18). The van der Waals surface area contributed by atoms with Gasteiger partial charge >= 0.3 is 0 Å². The lowest BCUT2D eigenvalue weighted by Gasteiger charge is -2.19. The number of rotatable bonds is 2. The van der Waals surface area contributed by atoms with Crippen LogP contribution in [0.15, 0.2) is 30.3 Å². The lowest BCUT2D eigenvalue weighted by Crippen LogP contribution is -2.23. The molecule has 2 nitrogen and oxygen atoms in total. The minimum Gasteiger partial charge on any atom is -0.367 e. The van der Waals surface area contributed by atoms with Gasteiger partial charge in [0, 0.05) is 11.4 Å². The highest BCUT2D eigenvalue weighted by Gasteiger charge is 2.23. The van der Waals surface area contributed by atoms with Crippen molar-refractivity contribution in [1.29, 1.82) is 0 Å². The molecule has 0 aliphatic heterocycles. The zero-order chi connectivity index (χ0) is 12.5. The fourth-order valence-electron chi connectivity index (χ4n) is 2.90. The van der Waals surface area contributed by atoms with Crippen molar-refractivity contribution >= 4 is 16.7 Å². The Bertz CT molecular complexity index is 562. The molecule has 1 N–H and O–H groups in total. The van der Waals surface area contributed by atoms with Gasteiger partial charge in [-0.25, -0.2) is 4.98 Å². The van der Waals surface area contributed by atoms with Gasteiger partial charge in [-0.3, -0.25) is 0 Å². The van der Waals surface area contributed by atoms with Crippen molar-refractivity contribution < 1.29 is 0 Å². The third kappa shape index (κ3) is 2.07. The van der Waals surface area contributed by atoms with Gasteiger partial charge < -0.3 is 5.32 Å². The average Bonchev–Trinajstić information content (AvgIpc) is 2.76. The molecule has 1 aromatic carbocycles. The molecule has 1 heterocycles. The quantitative estimate of drug-likeness (QED) is 0.853. The van der Waals surface area contributed by atoms with Crippen LogP contribution in [0.2, 0.25) is 0 Å². The van der Waals surface area contributed by atoms with Crippen molar-refractivity contribution in [2.24, 2.45) is 5.92 Å². The Kier molecular flexibility index (Phi) is 2.94. The normalized spacial score (nSPS) is 23.4. The highest BCUT2D eigenvalue weighted by Crippen LogP contribution is 2.29. The monoisotopic (exact) mass is 240 g/mol. The number of para-hydroxylation sites is 1. The van der Waals surface area contributed by atoms with Gasteiger partial charge in [0.25, 0.3) is 0 Å². The van der Waals surface area contributed by atoms with Crippen molar-refractivity contribution in [1.82, 2.24) is 4.98 Å². The zero-order valence-corrected chi connectivity index (χ0v) is 11.1. The fourth-order valence-corrected chi connectivity index (χ4v) is 2.90. The first-order valence-electron chi connectivity index (χ1n) is 6.87. The molecule has 3 rings (SSSR count). The number of hydrogen-bond donors (Lipinski definition) is 1. The van der Waals surface area contributed by atoms with Crippen LogP contribution in [-0.2, 0) is 0 Å². The molecule has 2 heteroatoms. The van der Waals surface area contributed by atoms with E-state index in [9.17, 15) is 0 Å². The molecule has 2 aromatic rings. The van der Waals surface area contributed by atoms with Crippen molar-refractivity contribution in [3.8, 4) is 0 Å². The first kappa shape index (κ1) is 11.5. The maximum absolute atomic E-state index is 4.76. The molecule has 1 aromatic heterocycles. The summed E-state index contributed by atoms with van der Waals surface area (Å²) in [7, 11) is 0. The molecule has 0 radical (unpaired) electrons. The highest BCUT2D eigenvalue weighted by atomic mass is 15.0. The van der Waals surface area contributed by atoms with Gasteiger partial charge in [0.2, 0.25) is 0 Å². The molecular weight excluding hydrogens is 220 g/mol. The minimum absolute atomic E-state index is 0.595. The van der Waals surface area contributed by atoms with Crippen LogP contribution in [0.3, 0.4) is 0 Å². The number of hydrogen-bond acceptors (Lipinski definition) is 2. The van der Waals surface area contributed by atoms with Crippen molar-refractivity contribution in [3.63, 3.8) is 0 Å². The molecule has 1 aliphatic carbocycles. The third-order valence-electron chi connectivity index (χ3n) is 4.10. The summed E-state index contributed by atoms with van der Waals surface area (Å²) in [6.45, 7) is 4.47. The van der Waals surface area contributed by atoms with Gasteiger partial charge in [-0.1, -0.05) is 31.5 Å². The lowest BCUT2D eigenvalue weighted by atomic mass is 10.1. The van der Waals surface area contributed by atoms with Crippen LogP contribution in [0.4, 0.5) is 5.82 Å². The first-order chi connectivity index (χ1) is 8.74. The van der Waals surface area contributed by atoms with Gasteiger partial charge in [-0.2, -0.15) is 0 Å². The number of pyridine rings is 1. The molecule has 0 spiro atoms. The molecule has 1 saturated carbocycles. The summed E-state index contributed by atoms with van der Waals surface area (Å²) in [4.78, 5) is 4.76. The number of aryl methyl sites for hydroxylation is 1. The van der Waals surface area contributed by atoms with Gasteiger partial charge in [0.1, 0.15) is 5.82 Å². The summed E-state index contributed by atoms with van der Waals surface area (Å²) >= 11 is 0. The summed E-state index contributed by atoms with van der Waals surface area (Å²) in [5.41, 5.74) is 2.32. The van der Waals surface area contributed by atoms with Crippen LogP contribution in [0.5, 0.6) is 0 Å². The Balaban J connectivity index is 1.93. The summed E-state index contributed by atoms with van der Waals surface area (Å²) in [6.07, 6.45) is 3.95. The molecular formula is C16H20N2. The van der Waals surface area contributed by atoms with E-state index in [1.807, 2.05) is 6.07 Å². The Morgan fingerprint density at radius 3 is 2.83 bits per heavy atom. The number of benzene rings is 1. The number of nitrogens with one attached hydrogen (secondary N) is 1. The molecule has 1 aliphatic rings.